The third-order valence-corrected chi connectivity index (χ3v) is 7.11. The van der Waals surface area contributed by atoms with Crippen molar-refractivity contribution in [3.63, 3.8) is 0 Å². The fraction of sp³-hybridized carbons (Fsp3) is 0.524. The van der Waals surface area contributed by atoms with Crippen molar-refractivity contribution >= 4 is 17.3 Å². The molecule has 2 saturated carbocycles. The van der Waals surface area contributed by atoms with E-state index in [-0.39, 0.29) is 11.9 Å². The monoisotopic (exact) mass is 356 g/mol. The van der Waals surface area contributed by atoms with Crippen LogP contribution in [0.5, 0.6) is 0 Å². The Hall–Kier alpha value is -1.68. The van der Waals surface area contributed by atoms with Gasteiger partial charge in [-0.05, 0) is 31.1 Å². The first-order valence-corrected chi connectivity index (χ1v) is 10.3. The van der Waals surface area contributed by atoms with Gasteiger partial charge in [-0.25, -0.2) is 0 Å². The van der Waals surface area contributed by atoms with Crippen molar-refractivity contribution < 1.29 is 14.1 Å². The van der Waals surface area contributed by atoms with Gasteiger partial charge in [0.1, 0.15) is 0 Å². The summed E-state index contributed by atoms with van der Waals surface area (Å²) in [5, 5.41) is 0. The molecule has 0 N–H and O–H groups in total. The summed E-state index contributed by atoms with van der Waals surface area (Å²) in [5.41, 5.74) is 4.77. The molecule has 2 aliphatic rings. The largest absolute Gasteiger partial charge is 0.465 e. The van der Waals surface area contributed by atoms with E-state index in [1.165, 1.54) is 35.4 Å². The predicted molar refractivity (Wildman–Crippen MR) is 98.4 cm³/mol. The molecular weight excluding hydrogens is 330 g/mol. The summed E-state index contributed by atoms with van der Waals surface area (Å²) in [7, 11) is 0. The lowest BCUT2D eigenvalue weighted by molar-refractivity contribution is -0.689. The van der Waals surface area contributed by atoms with Crippen LogP contribution in [0.4, 0.5) is 0 Å². The molecule has 132 valence electrons. The maximum absolute atomic E-state index is 12.3. The normalized spacial score (nSPS) is 24.6. The average Bonchev–Trinajstić information content (AvgIpc) is 3.34. The zero-order valence-corrected chi connectivity index (χ0v) is 15.6. The highest BCUT2D eigenvalue weighted by Gasteiger charge is 2.43. The standard InChI is InChI=1S/C21H26NO2S/c1-15-20(25-14-22(15)13-16-5-3-2-4-6-16)9-10-24-21(23)19-12-17-7-8-18(19)11-17/h2-6,14,17-19H,7-13H2,1H3/q+1/t17-,18+,19+/m0/s1. The van der Waals surface area contributed by atoms with Crippen molar-refractivity contribution in [3.05, 3.63) is 52.0 Å². The van der Waals surface area contributed by atoms with Crippen LogP contribution in [0.2, 0.25) is 0 Å². The van der Waals surface area contributed by atoms with Gasteiger partial charge in [0.2, 0.25) is 5.51 Å². The number of carbonyl (C=O) groups is 1. The van der Waals surface area contributed by atoms with E-state index in [1.54, 1.807) is 11.3 Å². The number of carbonyl (C=O) groups excluding carboxylic acids is 1. The molecule has 1 aromatic carbocycles. The van der Waals surface area contributed by atoms with E-state index >= 15 is 0 Å². The molecule has 0 radical (unpaired) electrons. The van der Waals surface area contributed by atoms with Crippen LogP contribution >= 0.6 is 11.3 Å². The maximum atomic E-state index is 12.3. The van der Waals surface area contributed by atoms with E-state index in [9.17, 15) is 4.79 Å². The molecule has 0 unspecified atom stereocenters. The molecule has 3 atom stereocenters. The number of benzene rings is 1. The first-order chi connectivity index (χ1) is 12.2. The summed E-state index contributed by atoms with van der Waals surface area (Å²) in [6, 6.07) is 10.5. The Bertz CT molecular complexity index is 740. The van der Waals surface area contributed by atoms with E-state index in [1.807, 2.05) is 6.07 Å². The molecule has 1 heterocycles. The Labute approximate surface area is 153 Å². The number of thiazole rings is 1. The van der Waals surface area contributed by atoms with Gasteiger partial charge in [0, 0.05) is 18.9 Å². The lowest BCUT2D eigenvalue weighted by Crippen LogP contribution is -2.35. The molecule has 0 spiro atoms. The Morgan fingerprint density at radius 1 is 1.24 bits per heavy atom. The molecule has 4 rings (SSSR count). The van der Waals surface area contributed by atoms with E-state index in [4.69, 9.17) is 4.74 Å². The van der Waals surface area contributed by atoms with Crippen molar-refractivity contribution in [2.24, 2.45) is 17.8 Å². The van der Waals surface area contributed by atoms with Crippen LogP contribution in [-0.2, 0) is 22.5 Å². The molecule has 4 heteroatoms. The molecule has 0 saturated heterocycles. The second-order valence-corrected chi connectivity index (χ2v) is 8.48. The highest BCUT2D eigenvalue weighted by atomic mass is 32.1. The fourth-order valence-electron chi connectivity index (χ4n) is 4.51. The minimum atomic E-state index is 0.0542. The minimum Gasteiger partial charge on any atom is -0.465 e. The van der Waals surface area contributed by atoms with Crippen LogP contribution < -0.4 is 4.57 Å². The fourth-order valence-corrected chi connectivity index (χ4v) is 5.49. The first-order valence-electron chi connectivity index (χ1n) is 9.37. The Morgan fingerprint density at radius 3 is 2.80 bits per heavy atom. The summed E-state index contributed by atoms with van der Waals surface area (Å²) >= 11 is 1.76. The molecule has 2 aliphatic carbocycles. The summed E-state index contributed by atoms with van der Waals surface area (Å²) in [5.74, 6) is 1.64. The lowest BCUT2D eigenvalue weighted by atomic mass is 9.89. The van der Waals surface area contributed by atoms with Crippen LogP contribution in [-0.4, -0.2) is 12.6 Å². The van der Waals surface area contributed by atoms with Crippen LogP contribution in [0.25, 0.3) is 0 Å². The zero-order chi connectivity index (χ0) is 17.2. The molecular formula is C21H26NO2S+. The highest BCUT2D eigenvalue weighted by Crippen LogP contribution is 2.48. The van der Waals surface area contributed by atoms with Gasteiger partial charge in [-0.2, -0.15) is 4.57 Å². The Morgan fingerprint density at radius 2 is 2.08 bits per heavy atom. The summed E-state index contributed by atoms with van der Waals surface area (Å²) in [6.07, 6.45) is 5.70. The number of ether oxygens (including phenoxy) is 1. The Kier molecular flexibility index (Phi) is 4.89. The molecule has 0 amide bonds. The van der Waals surface area contributed by atoms with Crippen molar-refractivity contribution in [1.29, 1.82) is 0 Å². The van der Waals surface area contributed by atoms with E-state index in [0.717, 1.165) is 25.3 Å². The lowest BCUT2D eigenvalue weighted by Gasteiger charge is -2.19. The molecule has 2 aromatic rings. The van der Waals surface area contributed by atoms with Gasteiger partial charge in [-0.3, -0.25) is 4.79 Å². The molecule has 3 nitrogen and oxygen atoms in total. The van der Waals surface area contributed by atoms with Gasteiger partial charge in [-0.15, -0.1) is 0 Å². The summed E-state index contributed by atoms with van der Waals surface area (Å²) in [6.45, 7) is 3.57. The number of fused-ring (bicyclic) bond motifs is 2. The van der Waals surface area contributed by atoms with Crippen LogP contribution in [0.3, 0.4) is 0 Å². The number of hydrogen-bond acceptors (Lipinski definition) is 3. The topological polar surface area (TPSA) is 30.2 Å². The van der Waals surface area contributed by atoms with E-state index < -0.39 is 0 Å². The highest BCUT2D eigenvalue weighted by molar-refractivity contribution is 7.09. The number of aromatic nitrogens is 1. The number of nitrogens with zero attached hydrogens (tertiary/aromatic N) is 1. The van der Waals surface area contributed by atoms with Gasteiger partial charge in [-0.1, -0.05) is 48.1 Å². The summed E-state index contributed by atoms with van der Waals surface area (Å²) < 4.78 is 7.91. The van der Waals surface area contributed by atoms with Crippen LogP contribution in [0.1, 0.15) is 41.8 Å². The molecule has 1 aromatic heterocycles. The smallest absolute Gasteiger partial charge is 0.309 e. The van der Waals surface area contributed by atoms with Crippen LogP contribution in [0, 0.1) is 24.7 Å². The summed E-state index contributed by atoms with van der Waals surface area (Å²) in [4.78, 5) is 13.6. The average molecular weight is 357 g/mol. The second-order valence-electron chi connectivity index (χ2n) is 7.54. The third kappa shape index (κ3) is 3.64. The number of esters is 1. The van der Waals surface area contributed by atoms with Crippen molar-refractivity contribution in [2.45, 2.75) is 45.6 Å². The van der Waals surface area contributed by atoms with E-state index in [2.05, 4.69) is 41.3 Å². The van der Waals surface area contributed by atoms with E-state index in [0.29, 0.717) is 12.5 Å². The minimum absolute atomic E-state index is 0.0542. The van der Waals surface area contributed by atoms with Crippen molar-refractivity contribution in [2.75, 3.05) is 6.61 Å². The van der Waals surface area contributed by atoms with Crippen molar-refractivity contribution in [3.8, 4) is 0 Å². The third-order valence-electron chi connectivity index (χ3n) is 5.97. The predicted octanol–water partition coefficient (Wildman–Crippen LogP) is 3.91. The zero-order valence-electron chi connectivity index (χ0n) is 14.8. The SMILES string of the molecule is Cc1c(CCOC(=O)[C@@H]2C[C@H]3CC[C@@H]2C3)sc[n+]1Cc1ccccc1. The number of rotatable bonds is 6. The molecule has 25 heavy (non-hydrogen) atoms. The molecule has 2 fully saturated rings. The van der Waals surface area contributed by atoms with Crippen LogP contribution in [0.15, 0.2) is 35.8 Å². The van der Waals surface area contributed by atoms with Gasteiger partial charge in [0.25, 0.3) is 0 Å². The maximum Gasteiger partial charge on any atom is 0.309 e. The number of hydrogen-bond donors (Lipinski definition) is 0. The van der Waals surface area contributed by atoms with Gasteiger partial charge in [0.15, 0.2) is 12.2 Å². The van der Waals surface area contributed by atoms with Gasteiger partial charge in [0.05, 0.1) is 17.4 Å². The molecule has 0 aliphatic heterocycles. The quantitative estimate of drug-likeness (QED) is 0.580. The first kappa shape index (κ1) is 16.8. The Balaban J connectivity index is 1.29. The second kappa shape index (κ2) is 7.28. The van der Waals surface area contributed by atoms with Gasteiger partial charge >= 0.3 is 5.97 Å². The van der Waals surface area contributed by atoms with Gasteiger partial charge < -0.3 is 4.74 Å². The molecule has 2 bridgehead atoms. The van der Waals surface area contributed by atoms with Crippen molar-refractivity contribution in [1.82, 2.24) is 0 Å².